The Morgan fingerprint density at radius 2 is 1.77 bits per heavy atom. The average Bonchev–Trinajstić information content (AvgIpc) is 2.49. The molecule has 6 nitrogen and oxygen atoms in total. The van der Waals surface area contributed by atoms with Gasteiger partial charge in [0.25, 0.3) is 15.7 Å². The number of nitrogens with zero attached hydrogens (tertiary/aromatic N) is 2. The number of halogens is 2. The summed E-state index contributed by atoms with van der Waals surface area (Å²) in [5.74, 6) is 0. The summed E-state index contributed by atoms with van der Waals surface area (Å²) in [6.07, 6.45) is 0. The summed E-state index contributed by atoms with van der Waals surface area (Å²) in [5.41, 5.74) is -0.00970. The van der Waals surface area contributed by atoms with E-state index in [0.717, 1.165) is 10.4 Å². The first-order valence-electron chi connectivity index (χ1n) is 5.92. The van der Waals surface area contributed by atoms with E-state index in [4.69, 9.17) is 23.2 Å². The van der Waals surface area contributed by atoms with Gasteiger partial charge in [0.05, 0.1) is 25.6 Å². The van der Waals surface area contributed by atoms with E-state index in [-0.39, 0.29) is 15.6 Å². The minimum Gasteiger partial charge on any atom is -0.269 e. The third kappa shape index (κ3) is 3.16. The van der Waals surface area contributed by atoms with Gasteiger partial charge in [-0.1, -0.05) is 29.3 Å². The van der Waals surface area contributed by atoms with Crippen molar-refractivity contribution >= 4 is 44.6 Å². The summed E-state index contributed by atoms with van der Waals surface area (Å²) >= 11 is 11.7. The van der Waals surface area contributed by atoms with Crippen LogP contribution in [0.2, 0.25) is 10.0 Å². The van der Waals surface area contributed by atoms with Crippen molar-refractivity contribution < 1.29 is 13.3 Å². The van der Waals surface area contributed by atoms with Gasteiger partial charge in [-0.05, 0) is 24.3 Å². The number of benzene rings is 2. The van der Waals surface area contributed by atoms with Crippen molar-refractivity contribution in [3.8, 4) is 0 Å². The van der Waals surface area contributed by atoms with Crippen molar-refractivity contribution in [3.05, 3.63) is 62.6 Å². The lowest BCUT2D eigenvalue weighted by atomic mass is 10.3. The van der Waals surface area contributed by atoms with Crippen molar-refractivity contribution in [1.29, 1.82) is 0 Å². The van der Waals surface area contributed by atoms with Crippen LogP contribution in [0.25, 0.3) is 0 Å². The third-order valence-corrected chi connectivity index (χ3v) is 5.47. The molecule has 0 aliphatic rings. The monoisotopic (exact) mass is 360 g/mol. The van der Waals surface area contributed by atoms with E-state index < -0.39 is 14.9 Å². The average molecular weight is 361 g/mol. The van der Waals surface area contributed by atoms with Crippen LogP contribution in [0.3, 0.4) is 0 Å². The number of anilines is 1. The summed E-state index contributed by atoms with van der Waals surface area (Å²) < 4.78 is 26.0. The third-order valence-electron chi connectivity index (χ3n) is 2.95. The Kier molecular flexibility index (Phi) is 4.60. The van der Waals surface area contributed by atoms with Gasteiger partial charge in [-0.25, -0.2) is 8.42 Å². The summed E-state index contributed by atoms with van der Waals surface area (Å²) in [4.78, 5) is 9.93. The van der Waals surface area contributed by atoms with E-state index in [0.29, 0.717) is 10.7 Å². The summed E-state index contributed by atoms with van der Waals surface area (Å²) in [6, 6.07) is 9.19. The lowest BCUT2D eigenvalue weighted by Crippen LogP contribution is -2.26. The summed E-state index contributed by atoms with van der Waals surface area (Å²) in [6.45, 7) is 0. The normalized spacial score (nSPS) is 11.2. The zero-order valence-corrected chi connectivity index (χ0v) is 13.6. The summed E-state index contributed by atoms with van der Waals surface area (Å²) in [5, 5.41) is 11.3. The van der Waals surface area contributed by atoms with Crippen LogP contribution in [0.4, 0.5) is 11.4 Å². The van der Waals surface area contributed by atoms with E-state index in [2.05, 4.69) is 0 Å². The maximum absolute atomic E-state index is 12.5. The first-order chi connectivity index (χ1) is 10.2. The van der Waals surface area contributed by atoms with E-state index in [1.807, 2.05) is 0 Å². The van der Waals surface area contributed by atoms with Crippen molar-refractivity contribution in [3.63, 3.8) is 0 Å². The molecule has 0 bridgehead atoms. The van der Waals surface area contributed by atoms with Crippen molar-refractivity contribution in [2.75, 3.05) is 11.4 Å². The van der Waals surface area contributed by atoms with Crippen LogP contribution >= 0.6 is 23.2 Å². The van der Waals surface area contributed by atoms with Gasteiger partial charge in [-0.2, -0.15) is 0 Å². The van der Waals surface area contributed by atoms with Crippen LogP contribution in [-0.4, -0.2) is 20.4 Å². The highest BCUT2D eigenvalue weighted by Gasteiger charge is 2.23. The fourth-order valence-electron chi connectivity index (χ4n) is 1.74. The molecule has 0 unspecified atom stereocenters. The predicted octanol–water partition coefficient (Wildman–Crippen LogP) is 3.73. The smallest absolute Gasteiger partial charge is 0.269 e. The Morgan fingerprint density at radius 3 is 2.36 bits per heavy atom. The van der Waals surface area contributed by atoms with Crippen LogP contribution in [0, 0.1) is 10.1 Å². The molecule has 0 aliphatic heterocycles. The standard InChI is InChI=1S/C13H10Cl2N2O4S/c1-16(9-5-6-12(14)13(15)8-9)22(20,21)11-4-2-3-10(7-11)17(18)19/h2-8H,1H3. The molecule has 0 radical (unpaired) electrons. The van der Waals surface area contributed by atoms with Gasteiger partial charge < -0.3 is 0 Å². The Balaban J connectivity index is 2.47. The molecule has 0 N–H and O–H groups in total. The van der Waals surface area contributed by atoms with E-state index in [9.17, 15) is 18.5 Å². The topological polar surface area (TPSA) is 80.5 Å². The number of hydrogen-bond acceptors (Lipinski definition) is 4. The van der Waals surface area contributed by atoms with Gasteiger partial charge in [0, 0.05) is 19.2 Å². The quantitative estimate of drug-likeness (QED) is 0.614. The molecule has 0 saturated heterocycles. The second kappa shape index (κ2) is 6.12. The molecule has 0 aromatic heterocycles. The Hall–Kier alpha value is -1.83. The molecule has 0 amide bonds. The zero-order valence-electron chi connectivity index (χ0n) is 11.2. The first kappa shape index (κ1) is 16.5. The number of non-ortho nitro benzene ring substituents is 1. The SMILES string of the molecule is CN(c1ccc(Cl)c(Cl)c1)S(=O)(=O)c1cccc([N+](=O)[O-])c1. The van der Waals surface area contributed by atoms with E-state index in [1.165, 1.54) is 43.4 Å². The molecule has 0 atom stereocenters. The molecule has 116 valence electrons. The molecule has 9 heteroatoms. The molecular weight excluding hydrogens is 351 g/mol. The first-order valence-corrected chi connectivity index (χ1v) is 8.11. The highest BCUT2D eigenvalue weighted by molar-refractivity contribution is 7.92. The van der Waals surface area contributed by atoms with Crippen molar-refractivity contribution in [1.82, 2.24) is 0 Å². The predicted molar refractivity (Wildman–Crippen MR) is 85.1 cm³/mol. The maximum Gasteiger partial charge on any atom is 0.270 e. The summed E-state index contributed by atoms with van der Waals surface area (Å²) in [7, 11) is -2.62. The molecule has 2 rings (SSSR count). The molecule has 0 fully saturated rings. The van der Waals surface area contributed by atoms with Gasteiger partial charge in [0.15, 0.2) is 0 Å². The number of sulfonamides is 1. The number of nitro benzene ring substituents is 1. The van der Waals surface area contributed by atoms with E-state index in [1.54, 1.807) is 0 Å². The fraction of sp³-hybridized carbons (Fsp3) is 0.0769. The molecule has 2 aromatic rings. The van der Waals surface area contributed by atoms with Crippen LogP contribution in [0.5, 0.6) is 0 Å². The van der Waals surface area contributed by atoms with Crippen LogP contribution in [0.15, 0.2) is 47.4 Å². The molecule has 0 saturated carbocycles. The van der Waals surface area contributed by atoms with Crippen molar-refractivity contribution in [2.45, 2.75) is 4.90 Å². The molecule has 22 heavy (non-hydrogen) atoms. The highest BCUT2D eigenvalue weighted by Crippen LogP contribution is 2.30. The number of rotatable bonds is 4. The largest absolute Gasteiger partial charge is 0.270 e. The zero-order chi connectivity index (χ0) is 16.5. The fourth-order valence-corrected chi connectivity index (χ4v) is 3.26. The maximum atomic E-state index is 12.5. The van der Waals surface area contributed by atoms with Crippen LogP contribution in [0.1, 0.15) is 0 Å². The van der Waals surface area contributed by atoms with Gasteiger partial charge in [-0.15, -0.1) is 0 Å². The Morgan fingerprint density at radius 1 is 1.09 bits per heavy atom. The van der Waals surface area contributed by atoms with Crippen LogP contribution in [-0.2, 0) is 10.0 Å². The second-order valence-corrected chi connectivity index (χ2v) is 7.11. The highest BCUT2D eigenvalue weighted by atomic mass is 35.5. The Labute approximate surface area is 137 Å². The minimum absolute atomic E-state index is 0.185. The lowest BCUT2D eigenvalue weighted by Gasteiger charge is -2.19. The molecular formula is C13H10Cl2N2O4S. The van der Waals surface area contributed by atoms with Gasteiger partial charge >= 0.3 is 0 Å². The number of hydrogen-bond donors (Lipinski definition) is 0. The van der Waals surface area contributed by atoms with Gasteiger partial charge in [-0.3, -0.25) is 14.4 Å². The Bertz CT molecular complexity index is 840. The molecule has 2 aromatic carbocycles. The number of nitro groups is 1. The molecule has 0 heterocycles. The van der Waals surface area contributed by atoms with E-state index >= 15 is 0 Å². The van der Waals surface area contributed by atoms with Gasteiger partial charge in [0.2, 0.25) is 0 Å². The second-order valence-electron chi connectivity index (χ2n) is 4.33. The van der Waals surface area contributed by atoms with Crippen LogP contribution < -0.4 is 4.31 Å². The molecule has 0 spiro atoms. The lowest BCUT2D eigenvalue weighted by molar-refractivity contribution is -0.385. The minimum atomic E-state index is -3.95. The molecule has 0 aliphatic carbocycles. The van der Waals surface area contributed by atoms with Crippen molar-refractivity contribution in [2.24, 2.45) is 0 Å². The van der Waals surface area contributed by atoms with Gasteiger partial charge in [0.1, 0.15) is 0 Å².